The van der Waals surface area contributed by atoms with Crippen molar-refractivity contribution in [3.8, 4) is 11.4 Å². The number of esters is 1. The number of carbonyl (C=O) groups is 1. The van der Waals surface area contributed by atoms with E-state index < -0.39 is 0 Å². The average molecular weight is 439 g/mol. The minimum atomic E-state index is -0.361. The van der Waals surface area contributed by atoms with Crippen LogP contribution in [-0.2, 0) is 4.74 Å². The Kier molecular flexibility index (Phi) is 6.87. The summed E-state index contributed by atoms with van der Waals surface area (Å²) in [5, 5.41) is 4.76. The van der Waals surface area contributed by atoms with Crippen LogP contribution in [-0.4, -0.2) is 22.5 Å². The fourth-order valence-electron chi connectivity index (χ4n) is 3.01. The predicted molar refractivity (Wildman–Crippen MR) is 116 cm³/mol. The molecule has 0 amide bonds. The van der Waals surface area contributed by atoms with Crippen molar-refractivity contribution in [1.82, 2.24) is 9.97 Å². The van der Waals surface area contributed by atoms with Crippen LogP contribution in [0.1, 0.15) is 17.3 Å². The lowest BCUT2D eigenvalue weighted by Crippen LogP contribution is -3.00. The fraction of sp³-hybridized carbons (Fsp3) is 0.0870. The largest absolute Gasteiger partial charge is 1.00 e. The van der Waals surface area contributed by atoms with Crippen LogP contribution in [0.15, 0.2) is 72.8 Å². The van der Waals surface area contributed by atoms with Crippen molar-refractivity contribution >= 4 is 40.0 Å². The number of hydrogen-bond acceptors (Lipinski definition) is 5. The third-order valence-electron chi connectivity index (χ3n) is 4.35. The van der Waals surface area contributed by atoms with E-state index >= 15 is 0 Å². The van der Waals surface area contributed by atoms with Crippen LogP contribution in [0.25, 0.3) is 22.3 Å². The predicted octanol–water partition coefficient (Wildman–Crippen LogP) is 2.87. The number of para-hydroxylation sites is 1. The molecule has 0 saturated heterocycles. The van der Waals surface area contributed by atoms with Gasteiger partial charge in [0, 0.05) is 16.6 Å². The molecular formula is C23H18Cl2N3O2-. The van der Waals surface area contributed by atoms with E-state index in [0.717, 1.165) is 22.2 Å². The van der Waals surface area contributed by atoms with E-state index in [4.69, 9.17) is 21.3 Å². The molecule has 7 heteroatoms. The molecule has 1 aromatic heterocycles. The second kappa shape index (κ2) is 9.57. The topological polar surface area (TPSA) is 64.1 Å². The van der Waals surface area contributed by atoms with Gasteiger partial charge in [-0.1, -0.05) is 41.9 Å². The lowest BCUT2D eigenvalue weighted by Gasteiger charge is -2.12. The van der Waals surface area contributed by atoms with Gasteiger partial charge in [0.05, 0.1) is 22.7 Å². The van der Waals surface area contributed by atoms with Crippen molar-refractivity contribution in [1.29, 1.82) is 0 Å². The highest BCUT2D eigenvalue weighted by Gasteiger charge is 2.13. The molecule has 0 atom stereocenters. The highest BCUT2D eigenvalue weighted by molar-refractivity contribution is 6.33. The Morgan fingerprint density at radius 2 is 1.77 bits per heavy atom. The smallest absolute Gasteiger partial charge is 0.338 e. The number of nitrogens with zero attached hydrogens (tertiary/aromatic N) is 2. The molecule has 0 bridgehead atoms. The molecule has 1 N–H and O–H groups in total. The molecule has 3 aromatic carbocycles. The number of halogens is 2. The van der Waals surface area contributed by atoms with Crippen LogP contribution < -0.4 is 17.7 Å². The van der Waals surface area contributed by atoms with Crippen LogP contribution in [0.2, 0.25) is 5.02 Å². The minimum absolute atomic E-state index is 0. The number of carbonyl (C=O) groups excluding carboxylic acids is 1. The van der Waals surface area contributed by atoms with Crippen molar-refractivity contribution in [3.63, 3.8) is 0 Å². The van der Waals surface area contributed by atoms with Gasteiger partial charge in [-0.25, -0.2) is 14.8 Å². The molecule has 0 aliphatic carbocycles. The van der Waals surface area contributed by atoms with Crippen LogP contribution in [0.4, 0.5) is 11.5 Å². The molecular weight excluding hydrogens is 421 g/mol. The standard InChI is InChI=1S/C23H18ClN3O2.ClH/c1-2-29-23(28)15-8-7-9-16(14-15)25-22-18-11-4-6-13-20(18)26-21(27-22)17-10-3-5-12-19(17)24;/h3-14H,2H2,1H3,(H,25,26,27);1H/p-1. The SMILES string of the molecule is CCOC(=O)c1cccc(Nc2nc(-c3ccccc3Cl)nc3ccccc23)c1.[Cl-]. The van der Waals surface area contributed by atoms with Gasteiger partial charge in [0.15, 0.2) is 5.82 Å². The summed E-state index contributed by atoms with van der Waals surface area (Å²) >= 11 is 6.36. The molecule has 0 saturated carbocycles. The first kappa shape index (κ1) is 21.6. The van der Waals surface area contributed by atoms with Crippen LogP contribution in [0.3, 0.4) is 0 Å². The molecule has 30 heavy (non-hydrogen) atoms. The first-order valence-corrected chi connectivity index (χ1v) is 9.59. The number of hydrogen-bond donors (Lipinski definition) is 1. The summed E-state index contributed by atoms with van der Waals surface area (Å²) in [5.41, 5.74) is 2.75. The molecule has 4 rings (SSSR count). The number of anilines is 2. The third kappa shape index (κ3) is 4.53. The van der Waals surface area contributed by atoms with Gasteiger partial charge in [-0.15, -0.1) is 0 Å². The van der Waals surface area contributed by atoms with E-state index in [9.17, 15) is 4.79 Å². The van der Waals surface area contributed by atoms with Crippen molar-refractivity contribution in [2.24, 2.45) is 0 Å². The lowest BCUT2D eigenvalue weighted by atomic mass is 10.1. The number of benzene rings is 3. The molecule has 1 heterocycles. The van der Waals surface area contributed by atoms with Crippen molar-refractivity contribution < 1.29 is 21.9 Å². The molecule has 0 spiro atoms. The number of rotatable bonds is 5. The van der Waals surface area contributed by atoms with Gasteiger partial charge in [0.1, 0.15) is 5.82 Å². The summed E-state index contributed by atoms with van der Waals surface area (Å²) in [7, 11) is 0. The van der Waals surface area contributed by atoms with Crippen LogP contribution in [0.5, 0.6) is 0 Å². The zero-order valence-electron chi connectivity index (χ0n) is 16.1. The minimum Gasteiger partial charge on any atom is -1.00 e. The van der Waals surface area contributed by atoms with Gasteiger partial charge in [0.25, 0.3) is 0 Å². The molecule has 5 nitrogen and oxygen atoms in total. The van der Waals surface area contributed by atoms with Gasteiger partial charge < -0.3 is 22.5 Å². The number of aromatic nitrogens is 2. The zero-order chi connectivity index (χ0) is 20.2. The first-order valence-electron chi connectivity index (χ1n) is 9.21. The monoisotopic (exact) mass is 438 g/mol. The van der Waals surface area contributed by atoms with Crippen molar-refractivity contribution in [2.75, 3.05) is 11.9 Å². The highest BCUT2D eigenvalue weighted by Crippen LogP contribution is 2.30. The van der Waals surface area contributed by atoms with E-state index in [1.165, 1.54) is 0 Å². The van der Waals surface area contributed by atoms with Gasteiger partial charge in [-0.05, 0) is 49.4 Å². The summed E-state index contributed by atoms with van der Waals surface area (Å²) in [4.78, 5) is 21.4. The lowest BCUT2D eigenvalue weighted by molar-refractivity contribution is -0.0000236. The van der Waals surface area contributed by atoms with E-state index in [-0.39, 0.29) is 18.4 Å². The quantitative estimate of drug-likeness (QED) is 0.485. The summed E-state index contributed by atoms with van der Waals surface area (Å²) in [6.07, 6.45) is 0. The Bertz CT molecular complexity index is 1200. The van der Waals surface area contributed by atoms with Gasteiger partial charge in [-0.3, -0.25) is 0 Å². The van der Waals surface area contributed by atoms with Crippen LogP contribution >= 0.6 is 11.6 Å². The Labute approximate surface area is 185 Å². The fourth-order valence-corrected chi connectivity index (χ4v) is 3.23. The molecule has 0 fully saturated rings. The Morgan fingerprint density at radius 1 is 1.00 bits per heavy atom. The number of nitrogens with one attached hydrogen (secondary N) is 1. The van der Waals surface area contributed by atoms with E-state index in [2.05, 4.69) is 10.3 Å². The maximum Gasteiger partial charge on any atom is 0.338 e. The van der Waals surface area contributed by atoms with Gasteiger partial charge in [-0.2, -0.15) is 0 Å². The average Bonchev–Trinajstić information content (AvgIpc) is 2.74. The highest BCUT2D eigenvalue weighted by atomic mass is 35.5. The van der Waals surface area contributed by atoms with E-state index in [0.29, 0.717) is 28.8 Å². The number of fused-ring (bicyclic) bond motifs is 1. The Hall–Kier alpha value is -3.15. The maximum absolute atomic E-state index is 12.0. The third-order valence-corrected chi connectivity index (χ3v) is 4.68. The molecule has 152 valence electrons. The van der Waals surface area contributed by atoms with Crippen LogP contribution in [0, 0.1) is 0 Å². The first-order chi connectivity index (χ1) is 14.2. The molecule has 0 aliphatic heterocycles. The summed E-state index contributed by atoms with van der Waals surface area (Å²) in [6, 6.07) is 22.3. The summed E-state index contributed by atoms with van der Waals surface area (Å²) < 4.78 is 5.09. The molecule has 0 aliphatic rings. The summed E-state index contributed by atoms with van der Waals surface area (Å²) in [6.45, 7) is 2.11. The van der Waals surface area contributed by atoms with Gasteiger partial charge >= 0.3 is 5.97 Å². The van der Waals surface area contributed by atoms with E-state index in [1.807, 2.05) is 54.6 Å². The Balaban J connectivity index is 0.00000256. The second-order valence-corrected chi connectivity index (χ2v) is 6.73. The van der Waals surface area contributed by atoms with Crippen molar-refractivity contribution in [3.05, 3.63) is 83.4 Å². The molecule has 0 radical (unpaired) electrons. The molecule has 0 unspecified atom stereocenters. The Morgan fingerprint density at radius 3 is 2.57 bits per heavy atom. The number of ether oxygens (including phenoxy) is 1. The van der Waals surface area contributed by atoms with Crippen molar-refractivity contribution in [2.45, 2.75) is 6.92 Å². The van der Waals surface area contributed by atoms with Gasteiger partial charge in [0.2, 0.25) is 0 Å². The molecule has 4 aromatic rings. The maximum atomic E-state index is 12.0. The normalized spacial score (nSPS) is 10.3. The summed E-state index contributed by atoms with van der Waals surface area (Å²) in [5.74, 6) is 0.797. The zero-order valence-corrected chi connectivity index (χ0v) is 17.6. The second-order valence-electron chi connectivity index (χ2n) is 6.32. The van der Waals surface area contributed by atoms with E-state index in [1.54, 1.807) is 25.1 Å².